The van der Waals surface area contributed by atoms with Crippen LogP contribution in [0.15, 0.2) is 6.33 Å². The maximum atomic E-state index is 4.70. The predicted molar refractivity (Wildman–Crippen MR) is 88.0 cm³/mol. The normalized spacial score (nSPS) is 25.8. The molecule has 2 aliphatic rings. The third-order valence-electron chi connectivity index (χ3n) is 5.19. The van der Waals surface area contributed by atoms with Crippen LogP contribution in [0.4, 0.5) is 11.6 Å². The first-order chi connectivity index (χ1) is 10.2. The Bertz CT molecular complexity index is 484. The Balaban J connectivity index is 1.98. The number of nitrogens with one attached hydrogen (secondary N) is 1. The van der Waals surface area contributed by atoms with Crippen molar-refractivity contribution in [3.05, 3.63) is 11.9 Å². The molecule has 0 unspecified atom stereocenters. The molecule has 1 aromatic rings. The predicted octanol–water partition coefficient (Wildman–Crippen LogP) is 3.80. The summed E-state index contributed by atoms with van der Waals surface area (Å²) < 4.78 is 0. The standard InChI is InChI=1S/C17H28N4/c1-12(2)15-16(18-3)19-11-20-17(15)21-10-6-8-13-7-4-5-9-14(13)21/h11-14H,4-10H2,1-3H3,(H,18,19,20)/t13-,14-/m1/s1. The van der Waals surface area contributed by atoms with Gasteiger partial charge in [0, 0.05) is 25.2 Å². The van der Waals surface area contributed by atoms with Crippen molar-refractivity contribution in [3.63, 3.8) is 0 Å². The minimum absolute atomic E-state index is 0.438. The highest BCUT2D eigenvalue weighted by atomic mass is 15.2. The summed E-state index contributed by atoms with van der Waals surface area (Å²) in [6.45, 7) is 5.64. The molecule has 1 aliphatic heterocycles. The molecule has 116 valence electrons. The van der Waals surface area contributed by atoms with E-state index in [0.29, 0.717) is 12.0 Å². The van der Waals surface area contributed by atoms with E-state index in [4.69, 9.17) is 4.98 Å². The van der Waals surface area contributed by atoms with E-state index >= 15 is 0 Å². The summed E-state index contributed by atoms with van der Waals surface area (Å²) in [5.74, 6) is 3.49. The van der Waals surface area contributed by atoms with Crippen LogP contribution in [0.3, 0.4) is 0 Å². The quantitative estimate of drug-likeness (QED) is 0.918. The summed E-state index contributed by atoms with van der Waals surface area (Å²) >= 11 is 0. The van der Waals surface area contributed by atoms with Gasteiger partial charge < -0.3 is 10.2 Å². The Morgan fingerprint density at radius 3 is 2.67 bits per heavy atom. The number of fused-ring (bicyclic) bond motifs is 1. The van der Waals surface area contributed by atoms with Crippen LogP contribution in [0.5, 0.6) is 0 Å². The molecule has 21 heavy (non-hydrogen) atoms. The Morgan fingerprint density at radius 1 is 1.14 bits per heavy atom. The molecular weight excluding hydrogens is 260 g/mol. The minimum Gasteiger partial charge on any atom is -0.373 e. The molecular formula is C17H28N4. The lowest BCUT2D eigenvalue weighted by molar-refractivity contribution is 0.242. The fourth-order valence-corrected chi connectivity index (χ4v) is 4.23. The number of nitrogens with zero attached hydrogens (tertiary/aromatic N) is 3. The van der Waals surface area contributed by atoms with Gasteiger partial charge in [0.15, 0.2) is 0 Å². The van der Waals surface area contributed by atoms with Crippen LogP contribution in [0.25, 0.3) is 0 Å². The zero-order valence-corrected chi connectivity index (χ0v) is 13.6. The minimum atomic E-state index is 0.438. The largest absolute Gasteiger partial charge is 0.373 e. The average molecular weight is 288 g/mol. The number of rotatable bonds is 3. The highest BCUT2D eigenvalue weighted by Crippen LogP contribution is 2.40. The Hall–Kier alpha value is -1.32. The number of piperidine rings is 1. The maximum absolute atomic E-state index is 4.70. The van der Waals surface area contributed by atoms with Gasteiger partial charge in [-0.15, -0.1) is 0 Å². The third-order valence-corrected chi connectivity index (χ3v) is 5.19. The highest BCUT2D eigenvalue weighted by Gasteiger charge is 2.35. The van der Waals surface area contributed by atoms with Crippen LogP contribution in [0, 0.1) is 5.92 Å². The molecule has 0 radical (unpaired) electrons. The molecule has 1 saturated heterocycles. The Kier molecular flexibility index (Phi) is 4.32. The summed E-state index contributed by atoms with van der Waals surface area (Å²) in [5, 5.41) is 3.25. The first-order valence-electron chi connectivity index (χ1n) is 8.51. The van der Waals surface area contributed by atoms with Crippen LogP contribution in [-0.2, 0) is 0 Å². The van der Waals surface area contributed by atoms with E-state index in [-0.39, 0.29) is 0 Å². The highest BCUT2D eigenvalue weighted by molar-refractivity contribution is 5.60. The first kappa shape index (κ1) is 14.6. The summed E-state index contributed by atoms with van der Waals surface area (Å²) in [4.78, 5) is 11.7. The fourth-order valence-electron chi connectivity index (χ4n) is 4.23. The molecule has 1 aliphatic carbocycles. The van der Waals surface area contributed by atoms with Gasteiger partial charge >= 0.3 is 0 Å². The second kappa shape index (κ2) is 6.20. The maximum Gasteiger partial charge on any atom is 0.137 e. The molecule has 3 rings (SSSR count). The van der Waals surface area contributed by atoms with Crippen molar-refractivity contribution in [2.24, 2.45) is 5.92 Å². The van der Waals surface area contributed by atoms with Gasteiger partial charge in [-0.2, -0.15) is 0 Å². The van der Waals surface area contributed by atoms with Crippen LogP contribution in [0.1, 0.15) is 63.9 Å². The van der Waals surface area contributed by atoms with E-state index in [0.717, 1.165) is 18.3 Å². The second-order valence-electron chi connectivity index (χ2n) is 6.81. The summed E-state index contributed by atoms with van der Waals surface area (Å²) in [7, 11) is 1.96. The van der Waals surface area contributed by atoms with Gasteiger partial charge in [-0.25, -0.2) is 9.97 Å². The van der Waals surface area contributed by atoms with E-state index in [1.807, 2.05) is 7.05 Å². The topological polar surface area (TPSA) is 41.1 Å². The van der Waals surface area contributed by atoms with E-state index in [9.17, 15) is 0 Å². The Morgan fingerprint density at radius 2 is 1.90 bits per heavy atom. The van der Waals surface area contributed by atoms with Crippen molar-refractivity contribution in [1.29, 1.82) is 0 Å². The molecule has 1 saturated carbocycles. The molecule has 1 N–H and O–H groups in total. The summed E-state index contributed by atoms with van der Waals surface area (Å²) in [5.41, 5.74) is 1.28. The zero-order valence-electron chi connectivity index (χ0n) is 13.6. The van der Waals surface area contributed by atoms with Crippen LogP contribution < -0.4 is 10.2 Å². The number of hydrogen-bond donors (Lipinski definition) is 1. The van der Waals surface area contributed by atoms with Crippen LogP contribution in [-0.4, -0.2) is 29.6 Å². The zero-order chi connectivity index (χ0) is 14.8. The van der Waals surface area contributed by atoms with E-state index in [2.05, 4.69) is 29.0 Å². The Labute approximate surface area is 128 Å². The van der Waals surface area contributed by atoms with E-state index < -0.39 is 0 Å². The molecule has 0 aromatic carbocycles. The lowest BCUT2D eigenvalue weighted by atomic mass is 9.78. The second-order valence-corrected chi connectivity index (χ2v) is 6.81. The van der Waals surface area contributed by atoms with Crippen molar-refractivity contribution in [2.45, 2.75) is 64.3 Å². The molecule has 4 nitrogen and oxygen atoms in total. The van der Waals surface area contributed by atoms with Crippen molar-refractivity contribution in [1.82, 2.24) is 9.97 Å². The third kappa shape index (κ3) is 2.72. The van der Waals surface area contributed by atoms with Crippen molar-refractivity contribution in [3.8, 4) is 0 Å². The van der Waals surface area contributed by atoms with Gasteiger partial charge in [-0.1, -0.05) is 26.7 Å². The molecule has 2 atom stereocenters. The fraction of sp³-hybridized carbons (Fsp3) is 0.765. The van der Waals surface area contributed by atoms with Crippen LogP contribution >= 0.6 is 0 Å². The molecule has 1 aromatic heterocycles. The average Bonchev–Trinajstić information content (AvgIpc) is 2.53. The van der Waals surface area contributed by atoms with Gasteiger partial charge in [-0.05, 0) is 37.5 Å². The van der Waals surface area contributed by atoms with Crippen molar-refractivity contribution >= 4 is 11.6 Å². The van der Waals surface area contributed by atoms with Gasteiger partial charge in [-0.3, -0.25) is 0 Å². The van der Waals surface area contributed by atoms with E-state index in [1.54, 1.807) is 6.33 Å². The summed E-state index contributed by atoms with van der Waals surface area (Å²) in [6.07, 6.45) is 9.96. The SMILES string of the molecule is CNc1ncnc(N2CCC[C@H]3CCCC[C@H]32)c1C(C)C. The monoisotopic (exact) mass is 288 g/mol. The van der Waals surface area contributed by atoms with Gasteiger partial charge in [0.25, 0.3) is 0 Å². The molecule has 2 fully saturated rings. The molecule has 0 spiro atoms. The lowest BCUT2D eigenvalue weighted by Gasteiger charge is -2.45. The molecule has 4 heteroatoms. The first-order valence-corrected chi connectivity index (χ1v) is 8.51. The number of aromatic nitrogens is 2. The number of hydrogen-bond acceptors (Lipinski definition) is 4. The van der Waals surface area contributed by atoms with E-state index in [1.165, 1.54) is 49.9 Å². The smallest absolute Gasteiger partial charge is 0.137 e. The van der Waals surface area contributed by atoms with Crippen molar-refractivity contribution < 1.29 is 0 Å². The number of anilines is 2. The summed E-state index contributed by atoms with van der Waals surface area (Å²) in [6, 6.07) is 0.699. The van der Waals surface area contributed by atoms with Crippen molar-refractivity contribution in [2.75, 3.05) is 23.8 Å². The van der Waals surface area contributed by atoms with Crippen LogP contribution in [0.2, 0.25) is 0 Å². The van der Waals surface area contributed by atoms with Gasteiger partial charge in [0.1, 0.15) is 18.0 Å². The lowest BCUT2D eigenvalue weighted by Crippen LogP contribution is -2.47. The molecule has 0 bridgehead atoms. The molecule has 0 amide bonds. The van der Waals surface area contributed by atoms with Gasteiger partial charge in [0.2, 0.25) is 0 Å². The molecule has 2 heterocycles. The van der Waals surface area contributed by atoms with Gasteiger partial charge in [0.05, 0.1) is 0 Å².